The van der Waals surface area contributed by atoms with Crippen molar-refractivity contribution < 1.29 is 9.21 Å². The summed E-state index contributed by atoms with van der Waals surface area (Å²) in [5, 5.41) is 0.877. The highest BCUT2D eigenvalue weighted by Gasteiger charge is 2.34. The highest BCUT2D eigenvalue weighted by atomic mass is 32.1. The van der Waals surface area contributed by atoms with E-state index in [1.165, 1.54) is 11.3 Å². The van der Waals surface area contributed by atoms with Crippen LogP contribution in [0.4, 0.5) is 0 Å². The minimum atomic E-state index is 0.0450. The normalized spacial score (nSPS) is 13.9. The minimum Gasteiger partial charge on any atom is -0.467 e. The zero-order chi connectivity index (χ0) is 15.6. The van der Waals surface area contributed by atoms with E-state index in [2.05, 4.69) is 4.98 Å². The molecular formula is C18H16N2O2S. The van der Waals surface area contributed by atoms with Crippen LogP contribution in [-0.2, 0) is 6.54 Å². The molecule has 23 heavy (non-hydrogen) atoms. The first-order valence-corrected chi connectivity index (χ1v) is 8.47. The van der Waals surface area contributed by atoms with E-state index in [0.717, 1.165) is 29.2 Å². The first-order chi connectivity index (χ1) is 11.3. The Labute approximate surface area is 138 Å². The fourth-order valence-electron chi connectivity index (χ4n) is 2.55. The van der Waals surface area contributed by atoms with E-state index in [9.17, 15) is 4.79 Å². The van der Waals surface area contributed by atoms with Gasteiger partial charge in [-0.25, -0.2) is 4.98 Å². The summed E-state index contributed by atoms with van der Waals surface area (Å²) in [7, 11) is 0. The van der Waals surface area contributed by atoms with Crippen LogP contribution in [0.3, 0.4) is 0 Å². The van der Waals surface area contributed by atoms with E-state index >= 15 is 0 Å². The maximum atomic E-state index is 12.9. The van der Waals surface area contributed by atoms with Gasteiger partial charge in [-0.05, 0) is 25.0 Å². The van der Waals surface area contributed by atoms with Gasteiger partial charge in [0.05, 0.1) is 19.0 Å². The molecule has 116 valence electrons. The van der Waals surface area contributed by atoms with Crippen LogP contribution in [0.2, 0.25) is 0 Å². The molecule has 0 radical (unpaired) electrons. The van der Waals surface area contributed by atoms with Crippen LogP contribution >= 0.6 is 11.3 Å². The summed E-state index contributed by atoms with van der Waals surface area (Å²) < 4.78 is 5.40. The molecule has 0 bridgehead atoms. The number of carbonyl (C=O) groups is 1. The van der Waals surface area contributed by atoms with Crippen LogP contribution < -0.4 is 0 Å². The molecule has 1 amide bonds. The molecule has 0 saturated heterocycles. The number of hydrogen-bond acceptors (Lipinski definition) is 4. The van der Waals surface area contributed by atoms with E-state index in [0.29, 0.717) is 17.5 Å². The summed E-state index contributed by atoms with van der Waals surface area (Å²) in [5.41, 5.74) is 1.04. The molecule has 2 aromatic heterocycles. The number of furan rings is 1. The SMILES string of the molecule is O=C(c1cnc(-c2ccccc2)s1)N(Cc1ccco1)C1CC1. The predicted octanol–water partition coefficient (Wildman–Crippen LogP) is 4.21. The standard InChI is InChI=1S/C18H16N2O2S/c21-18(20(14-8-9-14)12-15-7-4-10-22-15)16-11-19-17(23-16)13-5-2-1-3-6-13/h1-7,10-11,14H,8-9,12H2. The van der Waals surface area contributed by atoms with Gasteiger partial charge in [-0.15, -0.1) is 11.3 Å². The summed E-state index contributed by atoms with van der Waals surface area (Å²) in [6.45, 7) is 0.523. The molecule has 0 unspecified atom stereocenters. The van der Waals surface area contributed by atoms with Crippen molar-refractivity contribution in [2.24, 2.45) is 0 Å². The zero-order valence-electron chi connectivity index (χ0n) is 12.5. The lowest BCUT2D eigenvalue weighted by atomic mass is 10.2. The molecule has 2 heterocycles. The molecule has 5 heteroatoms. The summed E-state index contributed by atoms with van der Waals surface area (Å²) in [5.74, 6) is 0.863. The molecule has 1 fully saturated rings. The second-order valence-corrected chi connectivity index (χ2v) is 6.67. The maximum Gasteiger partial charge on any atom is 0.266 e. The Morgan fingerprint density at radius 3 is 2.74 bits per heavy atom. The number of nitrogens with zero attached hydrogens (tertiary/aromatic N) is 2. The Bertz CT molecular complexity index is 792. The molecule has 4 rings (SSSR count). The molecule has 1 saturated carbocycles. The smallest absolute Gasteiger partial charge is 0.266 e. The van der Waals surface area contributed by atoms with Crippen LogP contribution in [-0.4, -0.2) is 21.8 Å². The van der Waals surface area contributed by atoms with Crippen molar-refractivity contribution in [2.45, 2.75) is 25.4 Å². The Morgan fingerprint density at radius 1 is 1.22 bits per heavy atom. The Hall–Kier alpha value is -2.40. The van der Waals surface area contributed by atoms with Crippen LogP contribution in [0.5, 0.6) is 0 Å². The average Bonchev–Trinajstić information content (AvgIpc) is 3.10. The molecular weight excluding hydrogens is 308 g/mol. The second-order valence-electron chi connectivity index (χ2n) is 5.64. The summed E-state index contributed by atoms with van der Waals surface area (Å²) in [4.78, 5) is 19.9. The highest BCUT2D eigenvalue weighted by Crippen LogP contribution is 2.32. The molecule has 1 aromatic carbocycles. The molecule has 3 aromatic rings. The zero-order valence-corrected chi connectivity index (χ0v) is 13.3. The van der Waals surface area contributed by atoms with E-state index in [1.54, 1.807) is 12.5 Å². The fraction of sp³-hybridized carbons (Fsp3) is 0.222. The lowest BCUT2D eigenvalue weighted by Crippen LogP contribution is -2.31. The molecule has 4 nitrogen and oxygen atoms in total. The molecule has 0 spiro atoms. The largest absolute Gasteiger partial charge is 0.467 e. The minimum absolute atomic E-state index is 0.0450. The number of aromatic nitrogens is 1. The predicted molar refractivity (Wildman–Crippen MR) is 89.2 cm³/mol. The van der Waals surface area contributed by atoms with Crippen LogP contribution in [0.25, 0.3) is 10.6 Å². The van der Waals surface area contributed by atoms with Crippen LogP contribution in [0.15, 0.2) is 59.3 Å². The fourth-order valence-corrected chi connectivity index (χ4v) is 3.43. The summed E-state index contributed by atoms with van der Waals surface area (Å²) in [6.07, 6.45) is 5.46. The topological polar surface area (TPSA) is 46.3 Å². The highest BCUT2D eigenvalue weighted by molar-refractivity contribution is 7.16. The van der Waals surface area contributed by atoms with Gasteiger partial charge in [-0.1, -0.05) is 30.3 Å². The molecule has 1 aliphatic carbocycles. The third-order valence-electron chi connectivity index (χ3n) is 3.89. The van der Waals surface area contributed by atoms with Gasteiger partial charge < -0.3 is 9.32 Å². The van der Waals surface area contributed by atoms with Crippen LogP contribution in [0.1, 0.15) is 28.3 Å². The van der Waals surface area contributed by atoms with Crippen molar-refractivity contribution in [1.82, 2.24) is 9.88 Å². The first-order valence-electron chi connectivity index (χ1n) is 7.66. The van der Waals surface area contributed by atoms with E-state index < -0.39 is 0 Å². The Kier molecular flexibility index (Phi) is 3.71. The van der Waals surface area contributed by atoms with E-state index in [4.69, 9.17) is 4.42 Å². The second kappa shape index (κ2) is 6.01. The number of amides is 1. The van der Waals surface area contributed by atoms with E-state index in [1.807, 2.05) is 47.4 Å². The van der Waals surface area contributed by atoms with Crippen molar-refractivity contribution in [1.29, 1.82) is 0 Å². The Balaban J connectivity index is 1.56. The van der Waals surface area contributed by atoms with Crippen molar-refractivity contribution >= 4 is 17.2 Å². The molecule has 0 N–H and O–H groups in total. The lowest BCUT2D eigenvalue weighted by molar-refractivity contribution is 0.0722. The number of thiazole rings is 1. The average molecular weight is 324 g/mol. The van der Waals surface area contributed by atoms with Crippen molar-refractivity contribution in [3.8, 4) is 10.6 Å². The third kappa shape index (κ3) is 3.05. The van der Waals surface area contributed by atoms with Gasteiger partial charge >= 0.3 is 0 Å². The molecule has 1 aliphatic rings. The van der Waals surface area contributed by atoms with Gasteiger partial charge in [0.2, 0.25) is 0 Å². The quantitative estimate of drug-likeness (QED) is 0.706. The van der Waals surface area contributed by atoms with Gasteiger partial charge in [0.15, 0.2) is 0 Å². The number of carbonyl (C=O) groups excluding carboxylic acids is 1. The van der Waals surface area contributed by atoms with Gasteiger partial charge in [0, 0.05) is 11.6 Å². The summed E-state index contributed by atoms with van der Waals surface area (Å²) >= 11 is 1.45. The first kappa shape index (κ1) is 14.2. The number of hydrogen-bond donors (Lipinski definition) is 0. The molecule has 0 aliphatic heterocycles. The van der Waals surface area contributed by atoms with Gasteiger partial charge in [-0.2, -0.15) is 0 Å². The molecule has 0 atom stereocenters. The summed E-state index contributed by atoms with van der Waals surface area (Å²) in [6, 6.07) is 14.0. The van der Waals surface area contributed by atoms with Gasteiger partial charge in [0.25, 0.3) is 5.91 Å². The monoisotopic (exact) mass is 324 g/mol. The van der Waals surface area contributed by atoms with Gasteiger partial charge in [-0.3, -0.25) is 4.79 Å². The van der Waals surface area contributed by atoms with Crippen molar-refractivity contribution in [3.05, 3.63) is 65.6 Å². The Morgan fingerprint density at radius 2 is 2.04 bits per heavy atom. The van der Waals surface area contributed by atoms with Gasteiger partial charge in [0.1, 0.15) is 15.6 Å². The number of benzene rings is 1. The van der Waals surface area contributed by atoms with Crippen molar-refractivity contribution in [2.75, 3.05) is 0 Å². The number of rotatable bonds is 5. The maximum absolute atomic E-state index is 12.9. The van der Waals surface area contributed by atoms with Crippen molar-refractivity contribution in [3.63, 3.8) is 0 Å². The van der Waals surface area contributed by atoms with Crippen LogP contribution in [0, 0.1) is 0 Å². The van der Waals surface area contributed by atoms with E-state index in [-0.39, 0.29) is 5.91 Å². The third-order valence-corrected chi connectivity index (χ3v) is 4.93. The lowest BCUT2D eigenvalue weighted by Gasteiger charge is -2.20.